The second-order valence-corrected chi connectivity index (χ2v) is 10.8. The second-order valence-electron chi connectivity index (χ2n) is 8.82. The van der Waals surface area contributed by atoms with E-state index in [0.29, 0.717) is 44.2 Å². The van der Waals surface area contributed by atoms with Crippen LogP contribution in [0.3, 0.4) is 0 Å². The molecular formula is C23H27F2N5O4S. The van der Waals surface area contributed by atoms with Crippen LogP contribution in [0.2, 0.25) is 0 Å². The summed E-state index contributed by atoms with van der Waals surface area (Å²) in [6.07, 6.45) is 6.45. The third kappa shape index (κ3) is 5.26. The van der Waals surface area contributed by atoms with Crippen LogP contribution >= 0.6 is 0 Å². The number of hydrogen-bond acceptors (Lipinski definition) is 7. The number of halogens is 2. The van der Waals surface area contributed by atoms with E-state index in [1.165, 1.54) is 0 Å². The molecule has 0 radical (unpaired) electrons. The average Bonchev–Trinajstić information content (AvgIpc) is 2.82. The van der Waals surface area contributed by atoms with Crippen LogP contribution < -0.4 is 10.2 Å². The number of amides is 2. The lowest BCUT2D eigenvalue weighted by Gasteiger charge is -2.41. The van der Waals surface area contributed by atoms with Gasteiger partial charge in [0, 0.05) is 37.9 Å². The molecule has 12 heteroatoms. The molecule has 0 saturated carbocycles. The average molecular weight is 508 g/mol. The van der Waals surface area contributed by atoms with Crippen molar-refractivity contribution in [3.8, 4) is 0 Å². The number of carbonyl (C=O) groups is 2. The second kappa shape index (κ2) is 9.84. The highest BCUT2D eigenvalue weighted by molar-refractivity contribution is 7.90. The number of aromatic nitrogens is 2. The van der Waals surface area contributed by atoms with E-state index in [-0.39, 0.29) is 30.0 Å². The van der Waals surface area contributed by atoms with Gasteiger partial charge in [0.15, 0.2) is 15.7 Å². The highest BCUT2D eigenvalue weighted by Gasteiger charge is 2.38. The Hall–Kier alpha value is -3.15. The molecule has 2 amide bonds. The van der Waals surface area contributed by atoms with E-state index in [1.807, 2.05) is 6.92 Å². The van der Waals surface area contributed by atoms with Gasteiger partial charge in [0.2, 0.25) is 11.8 Å². The van der Waals surface area contributed by atoms with Gasteiger partial charge in [0.1, 0.15) is 22.6 Å². The van der Waals surface area contributed by atoms with Crippen LogP contribution in [0.1, 0.15) is 38.3 Å². The molecule has 1 aromatic carbocycles. The molecule has 188 valence electrons. The lowest BCUT2D eigenvalue weighted by Crippen LogP contribution is -2.56. The molecule has 1 unspecified atom stereocenters. The smallest absolute Gasteiger partial charge is 0.245 e. The maximum Gasteiger partial charge on any atom is 0.245 e. The summed E-state index contributed by atoms with van der Waals surface area (Å²) >= 11 is 0. The van der Waals surface area contributed by atoms with Crippen LogP contribution in [0.15, 0.2) is 29.4 Å². The van der Waals surface area contributed by atoms with Gasteiger partial charge in [-0.1, -0.05) is 6.92 Å². The molecule has 2 aliphatic heterocycles. The summed E-state index contributed by atoms with van der Waals surface area (Å²) in [5.41, 5.74) is 0.547. The fourth-order valence-corrected chi connectivity index (χ4v) is 5.23. The molecule has 2 atom stereocenters. The van der Waals surface area contributed by atoms with Crippen molar-refractivity contribution in [3.05, 3.63) is 41.9 Å². The highest BCUT2D eigenvalue weighted by atomic mass is 32.2. The molecule has 9 nitrogen and oxygen atoms in total. The first-order chi connectivity index (χ1) is 16.6. The van der Waals surface area contributed by atoms with Crippen LogP contribution in [0.5, 0.6) is 0 Å². The summed E-state index contributed by atoms with van der Waals surface area (Å²) in [7, 11) is -3.94. The van der Waals surface area contributed by atoms with E-state index in [0.717, 1.165) is 24.4 Å². The monoisotopic (exact) mass is 507 g/mol. The number of piperidine rings is 2. The van der Waals surface area contributed by atoms with Gasteiger partial charge < -0.3 is 10.2 Å². The fraction of sp³-hybridized carbons (Fsp3) is 0.478. The predicted molar refractivity (Wildman–Crippen MR) is 125 cm³/mol. The maximum atomic E-state index is 14.5. The Morgan fingerprint density at radius 1 is 1.09 bits per heavy atom. The van der Waals surface area contributed by atoms with Gasteiger partial charge in [-0.15, -0.1) is 0 Å². The Kier molecular flexibility index (Phi) is 7.02. The van der Waals surface area contributed by atoms with E-state index in [1.54, 1.807) is 22.2 Å². The highest BCUT2D eigenvalue weighted by Crippen LogP contribution is 2.28. The normalized spacial score (nSPS) is 21.4. The molecule has 2 aromatic rings. The van der Waals surface area contributed by atoms with Crippen molar-refractivity contribution in [2.45, 2.75) is 56.0 Å². The lowest BCUT2D eigenvalue weighted by atomic mass is 9.96. The largest absolute Gasteiger partial charge is 0.371 e. The zero-order chi connectivity index (χ0) is 25.3. The van der Waals surface area contributed by atoms with Crippen molar-refractivity contribution < 1.29 is 26.8 Å². The van der Waals surface area contributed by atoms with Crippen LogP contribution in [-0.2, 0) is 25.8 Å². The molecule has 2 fully saturated rings. The van der Waals surface area contributed by atoms with Crippen LogP contribution in [-0.4, -0.2) is 66.5 Å². The number of anilines is 2. The quantitative estimate of drug-likeness (QED) is 0.639. The van der Waals surface area contributed by atoms with E-state index < -0.39 is 32.4 Å². The summed E-state index contributed by atoms with van der Waals surface area (Å²) < 4.78 is 52.0. The summed E-state index contributed by atoms with van der Waals surface area (Å²) in [6.45, 7) is 2.82. The molecule has 1 N–H and O–H groups in total. The summed E-state index contributed by atoms with van der Waals surface area (Å²) in [5, 5.41) is 2.73. The third-order valence-corrected chi connectivity index (χ3v) is 7.50. The number of rotatable bonds is 6. The lowest BCUT2D eigenvalue weighted by molar-refractivity contribution is -0.138. The molecule has 35 heavy (non-hydrogen) atoms. The van der Waals surface area contributed by atoms with E-state index in [9.17, 15) is 26.8 Å². The Morgan fingerprint density at radius 3 is 2.49 bits per heavy atom. The van der Waals surface area contributed by atoms with Crippen molar-refractivity contribution in [3.63, 3.8) is 0 Å². The van der Waals surface area contributed by atoms with Crippen LogP contribution in [0.25, 0.3) is 0 Å². The molecule has 0 aliphatic carbocycles. The maximum absolute atomic E-state index is 14.5. The van der Waals surface area contributed by atoms with Gasteiger partial charge in [-0.3, -0.25) is 19.5 Å². The number of sulfone groups is 1. The number of carbonyl (C=O) groups excluding carboxylic acids is 2. The van der Waals surface area contributed by atoms with Crippen molar-refractivity contribution in [2.24, 2.45) is 0 Å². The Morgan fingerprint density at radius 2 is 1.86 bits per heavy atom. The van der Waals surface area contributed by atoms with Gasteiger partial charge in [0.05, 0.1) is 23.8 Å². The minimum atomic E-state index is -3.94. The van der Waals surface area contributed by atoms with E-state index >= 15 is 0 Å². The number of nitrogens with zero attached hydrogens (tertiary/aromatic N) is 4. The molecule has 0 bridgehead atoms. The molecule has 0 spiro atoms. The molecule has 2 aliphatic rings. The molecule has 1 aromatic heterocycles. The molecular weight excluding hydrogens is 480 g/mol. The number of likely N-dealkylation sites (tertiary alicyclic amines) is 1. The molecule has 4 rings (SSSR count). The van der Waals surface area contributed by atoms with Crippen molar-refractivity contribution in [2.75, 3.05) is 29.6 Å². The minimum absolute atomic E-state index is 0.127. The van der Waals surface area contributed by atoms with Crippen molar-refractivity contribution in [1.82, 2.24) is 14.9 Å². The van der Waals surface area contributed by atoms with Gasteiger partial charge in [-0.05, 0) is 31.7 Å². The van der Waals surface area contributed by atoms with E-state index in [4.69, 9.17) is 0 Å². The molecule has 2 saturated heterocycles. The Labute approximate surface area is 202 Å². The minimum Gasteiger partial charge on any atom is -0.371 e. The first kappa shape index (κ1) is 25.0. The number of hydrogen-bond donors (Lipinski definition) is 1. The third-order valence-electron chi connectivity index (χ3n) is 6.39. The molecule has 3 heterocycles. The number of nitrogens with one attached hydrogen (secondary N) is 1. The predicted octanol–water partition coefficient (Wildman–Crippen LogP) is 2.32. The summed E-state index contributed by atoms with van der Waals surface area (Å²) in [5.74, 6) is -2.04. The Balaban J connectivity index is 1.44. The first-order valence-corrected chi connectivity index (χ1v) is 13.3. The topological polar surface area (TPSA) is 113 Å². The van der Waals surface area contributed by atoms with Gasteiger partial charge in [-0.25, -0.2) is 22.2 Å². The fourth-order valence-electron chi connectivity index (χ4n) is 4.50. The number of aryl methyl sites for hydroxylation is 1. The van der Waals surface area contributed by atoms with Crippen molar-refractivity contribution in [1.29, 1.82) is 0 Å². The number of benzene rings is 1. The summed E-state index contributed by atoms with van der Waals surface area (Å²) in [4.78, 5) is 37.1. The van der Waals surface area contributed by atoms with Crippen LogP contribution in [0.4, 0.5) is 20.3 Å². The zero-order valence-electron chi connectivity index (χ0n) is 19.5. The standard InChI is InChI=1S/C23H27F2N5O4S/c1-3-14-12-27-21(13-26-14)30-8-6-15(9-22(30)31)29-7-4-5-18(23(29)32)28-19-10-17(25)20(11-16(19)24)35(2,33)34/h10-13,15,18,28H,3-9H2,1-2H3/t15-,18?/m0/s1. The first-order valence-electron chi connectivity index (χ1n) is 11.5. The van der Waals surface area contributed by atoms with Gasteiger partial charge in [-0.2, -0.15) is 0 Å². The van der Waals surface area contributed by atoms with Crippen molar-refractivity contribution >= 4 is 33.2 Å². The van der Waals surface area contributed by atoms with Gasteiger partial charge >= 0.3 is 0 Å². The zero-order valence-corrected chi connectivity index (χ0v) is 20.3. The summed E-state index contributed by atoms with van der Waals surface area (Å²) in [6, 6.07) is 0.239. The van der Waals surface area contributed by atoms with E-state index in [2.05, 4.69) is 15.3 Å². The van der Waals surface area contributed by atoms with Crippen LogP contribution in [0, 0.1) is 11.6 Å². The SMILES string of the molecule is CCc1cnc(N2CC[C@H](N3CCCC(Nc4cc(F)c(S(C)(=O)=O)cc4F)C3=O)CC2=O)cn1. The Bertz CT molecular complexity index is 1240. The van der Waals surface area contributed by atoms with Gasteiger partial charge in [0.25, 0.3) is 0 Å².